The summed E-state index contributed by atoms with van der Waals surface area (Å²) in [6.45, 7) is -0.184. The Balaban J connectivity index is 0.00000242. The minimum Gasteiger partial charge on any atom is -0.449 e. The Bertz CT molecular complexity index is 504. The summed E-state index contributed by atoms with van der Waals surface area (Å²) >= 11 is 1.36. The molecule has 22 heavy (non-hydrogen) atoms. The molecule has 0 spiro atoms. The fourth-order valence-electron chi connectivity index (χ4n) is 2.53. The molecule has 1 aliphatic rings. The molecule has 2 atom stereocenters. The molecule has 0 N–H and O–H groups in total. The molecule has 1 aromatic heterocycles. The normalized spacial score (nSPS) is 22.4. The molecule has 3 nitrogen and oxygen atoms in total. The Labute approximate surface area is 175 Å². The first-order valence-electron chi connectivity index (χ1n) is 6.78. The van der Waals surface area contributed by atoms with Gasteiger partial charge in [0.15, 0.2) is 0 Å². The zero-order valence-corrected chi connectivity index (χ0v) is 17.1. The van der Waals surface area contributed by atoms with Crippen LogP contribution in [0.25, 0.3) is 0 Å². The zero-order chi connectivity index (χ0) is 15.8. The van der Waals surface area contributed by atoms with Gasteiger partial charge in [0.2, 0.25) is 0 Å². The van der Waals surface area contributed by atoms with Crippen LogP contribution in [0.3, 0.4) is 0 Å². The summed E-state index contributed by atoms with van der Waals surface area (Å²) in [5, 5.41) is 3.48. The van der Waals surface area contributed by atoms with E-state index >= 15 is 0 Å². The predicted octanol–water partition coefficient (Wildman–Crippen LogP) is 1.30. The fourth-order valence-corrected chi connectivity index (χ4v) is 3.25. The van der Waals surface area contributed by atoms with Gasteiger partial charge in [-0.25, -0.2) is 4.79 Å². The molecular weight excluding hydrogens is 341 g/mol. The molecule has 1 aliphatic heterocycles. The number of carbonyl (C=O) groups is 1. The van der Waals surface area contributed by atoms with E-state index in [-0.39, 0.29) is 64.5 Å². The van der Waals surface area contributed by atoms with Gasteiger partial charge in [-0.05, 0) is 54.9 Å². The monoisotopic (exact) mass is 359 g/mol. The van der Waals surface area contributed by atoms with E-state index in [1.54, 1.807) is 37.6 Å². The summed E-state index contributed by atoms with van der Waals surface area (Å²) in [6, 6.07) is 1.70. The third kappa shape index (κ3) is 5.24. The molecular formula is C13H18BF3KNO2S. The second-order valence-corrected chi connectivity index (χ2v) is 7.12. The number of rotatable bonds is 2. The van der Waals surface area contributed by atoms with Gasteiger partial charge in [-0.15, -0.1) is 0 Å². The summed E-state index contributed by atoms with van der Waals surface area (Å²) in [5.41, 5.74) is -0.0635. The maximum atomic E-state index is 13.3. The largest absolute Gasteiger partial charge is 1.00 e. The summed E-state index contributed by atoms with van der Waals surface area (Å²) in [6.07, 6.45) is -0.676. The van der Waals surface area contributed by atoms with E-state index in [9.17, 15) is 17.7 Å². The van der Waals surface area contributed by atoms with Crippen LogP contribution in [0.5, 0.6) is 0 Å². The minimum absolute atomic E-state index is 0. The number of likely N-dealkylation sites (tertiary alicyclic amines) is 1. The van der Waals surface area contributed by atoms with Gasteiger partial charge >= 0.3 is 64.5 Å². The average Bonchev–Trinajstić information content (AvgIpc) is 2.94. The van der Waals surface area contributed by atoms with Crippen molar-refractivity contribution in [1.29, 1.82) is 0 Å². The summed E-state index contributed by atoms with van der Waals surface area (Å²) in [4.78, 5) is 13.2. The smallest absolute Gasteiger partial charge is 0.449 e. The molecule has 0 aliphatic carbocycles. The molecule has 2 unspecified atom stereocenters. The fraction of sp³-hybridized carbons (Fsp3) is 0.615. The first-order chi connectivity index (χ1) is 9.58. The standard InChI is InChI=1S/C13H18BF3NO2S.K/c1-13(2,3)20-12(19)18-6-10(9-4-5-21-8-9)11(7-18)14(15,16)17;/h4-5,8,10-11H,6-7H2,1-3H3;/q-1;+1. The molecule has 0 radical (unpaired) electrons. The maximum absolute atomic E-state index is 13.3. The van der Waals surface area contributed by atoms with Crippen molar-refractivity contribution < 1.29 is 73.9 Å². The number of carbonyl (C=O) groups excluding carboxylic acids is 1. The average molecular weight is 359 g/mol. The second-order valence-electron chi connectivity index (χ2n) is 6.34. The van der Waals surface area contributed by atoms with Crippen molar-refractivity contribution in [3.63, 3.8) is 0 Å². The van der Waals surface area contributed by atoms with Crippen molar-refractivity contribution >= 4 is 24.4 Å². The number of halogens is 3. The summed E-state index contributed by atoms with van der Waals surface area (Å²) in [7, 11) is 0. The molecule has 9 heteroatoms. The zero-order valence-electron chi connectivity index (χ0n) is 13.2. The van der Waals surface area contributed by atoms with Crippen LogP contribution >= 0.6 is 11.3 Å². The van der Waals surface area contributed by atoms with Gasteiger partial charge in [-0.3, -0.25) is 0 Å². The quantitative estimate of drug-likeness (QED) is 0.746. The molecule has 0 saturated carbocycles. The second kappa shape index (κ2) is 7.57. The number of amides is 1. The first kappa shape index (κ1) is 20.5. The topological polar surface area (TPSA) is 29.5 Å². The third-order valence-electron chi connectivity index (χ3n) is 3.47. The van der Waals surface area contributed by atoms with E-state index in [1.165, 1.54) is 16.2 Å². The summed E-state index contributed by atoms with van der Waals surface area (Å²) < 4.78 is 45.0. The molecule has 1 amide bonds. The number of hydrogen-bond donors (Lipinski definition) is 0. The van der Waals surface area contributed by atoms with Crippen LogP contribution < -0.4 is 51.4 Å². The van der Waals surface area contributed by atoms with Crippen molar-refractivity contribution in [3.05, 3.63) is 22.4 Å². The van der Waals surface area contributed by atoms with Crippen molar-refractivity contribution in [2.75, 3.05) is 13.1 Å². The van der Waals surface area contributed by atoms with Gasteiger partial charge in [-0.2, -0.15) is 11.3 Å². The third-order valence-corrected chi connectivity index (χ3v) is 4.18. The Morgan fingerprint density at radius 1 is 1.36 bits per heavy atom. The Morgan fingerprint density at radius 2 is 2.00 bits per heavy atom. The molecule has 2 rings (SSSR count). The van der Waals surface area contributed by atoms with Crippen molar-refractivity contribution in [2.24, 2.45) is 0 Å². The van der Waals surface area contributed by atoms with Gasteiger partial charge < -0.3 is 22.6 Å². The molecule has 0 aromatic carbocycles. The van der Waals surface area contributed by atoms with Gasteiger partial charge in [0.25, 0.3) is 0 Å². The number of hydrogen-bond acceptors (Lipinski definition) is 3. The number of nitrogens with zero attached hydrogens (tertiary/aromatic N) is 1. The van der Waals surface area contributed by atoms with Crippen LogP contribution in [0.4, 0.5) is 17.7 Å². The van der Waals surface area contributed by atoms with Crippen LogP contribution in [0.15, 0.2) is 16.8 Å². The number of thiophene rings is 1. The molecule has 118 valence electrons. The molecule has 0 bridgehead atoms. The van der Waals surface area contributed by atoms with Crippen LogP contribution in [0.2, 0.25) is 5.82 Å². The SMILES string of the molecule is CC(C)(C)OC(=O)N1CC(c2ccsc2)C([B-](F)(F)F)C1.[K+]. The van der Waals surface area contributed by atoms with E-state index in [4.69, 9.17) is 4.74 Å². The van der Waals surface area contributed by atoms with E-state index in [0.29, 0.717) is 5.56 Å². The van der Waals surface area contributed by atoms with Gasteiger partial charge in [0, 0.05) is 13.1 Å². The molecule has 2 heterocycles. The van der Waals surface area contributed by atoms with Crippen molar-refractivity contribution in [3.8, 4) is 0 Å². The Morgan fingerprint density at radius 3 is 2.45 bits per heavy atom. The van der Waals surface area contributed by atoms with Gasteiger partial charge in [0.1, 0.15) is 5.60 Å². The van der Waals surface area contributed by atoms with E-state index in [2.05, 4.69) is 0 Å². The van der Waals surface area contributed by atoms with Crippen LogP contribution in [-0.4, -0.2) is 36.7 Å². The van der Waals surface area contributed by atoms with E-state index < -0.39 is 30.4 Å². The predicted molar refractivity (Wildman–Crippen MR) is 77.7 cm³/mol. The van der Waals surface area contributed by atoms with Gasteiger partial charge in [-0.1, -0.05) is 0 Å². The Kier molecular flexibility index (Phi) is 7.05. The van der Waals surface area contributed by atoms with E-state index in [1.807, 2.05) is 0 Å². The van der Waals surface area contributed by atoms with E-state index in [0.717, 1.165) is 0 Å². The number of ether oxygens (including phenoxy) is 1. The first-order valence-corrected chi connectivity index (χ1v) is 7.72. The van der Waals surface area contributed by atoms with Crippen molar-refractivity contribution in [1.82, 2.24) is 4.90 Å². The summed E-state index contributed by atoms with van der Waals surface area (Å²) in [5.74, 6) is -2.17. The van der Waals surface area contributed by atoms with Crippen LogP contribution in [0, 0.1) is 0 Å². The maximum Gasteiger partial charge on any atom is 1.00 e. The van der Waals surface area contributed by atoms with Gasteiger partial charge in [0.05, 0.1) is 0 Å². The molecule has 1 fully saturated rings. The van der Waals surface area contributed by atoms with Crippen LogP contribution in [-0.2, 0) is 4.74 Å². The Hall–Kier alpha value is 0.461. The van der Waals surface area contributed by atoms with Crippen LogP contribution in [0.1, 0.15) is 32.3 Å². The minimum atomic E-state index is -5.01. The molecule has 1 saturated heterocycles. The molecule has 1 aromatic rings. The van der Waals surface area contributed by atoms with Crippen molar-refractivity contribution in [2.45, 2.75) is 38.1 Å².